The number of carbonyl (C=O) groups excluding carboxylic acids is 6. The second-order valence-electron chi connectivity index (χ2n) is 8.54. The number of nitroso groups, excluding NO2 is 1. The van der Waals surface area contributed by atoms with E-state index in [0.29, 0.717) is 11.9 Å². The third-order valence-electron chi connectivity index (χ3n) is 4.87. The van der Waals surface area contributed by atoms with Gasteiger partial charge in [0, 0.05) is 51.1 Å². The molecule has 0 aromatic rings. The molecule has 1 aliphatic heterocycles. The highest BCUT2D eigenvalue weighted by atomic mass is 32.2. The van der Waals surface area contributed by atoms with Gasteiger partial charge in [-0.1, -0.05) is 0 Å². The van der Waals surface area contributed by atoms with Gasteiger partial charge in [-0.2, -0.15) is 0 Å². The Hall–Kier alpha value is -3.27. The number of hydrogen-bond donors (Lipinski definition) is 2. The van der Waals surface area contributed by atoms with E-state index in [1.165, 1.54) is 13.8 Å². The maximum Gasteiger partial charge on any atom is 0.305 e. The van der Waals surface area contributed by atoms with Crippen molar-refractivity contribution in [2.24, 2.45) is 4.58 Å². The van der Waals surface area contributed by atoms with Crippen LogP contribution in [0.25, 0.3) is 0 Å². The molecule has 16 heteroatoms. The van der Waals surface area contributed by atoms with Crippen LogP contribution in [0.3, 0.4) is 0 Å². The fourth-order valence-corrected chi connectivity index (χ4v) is 3.94. The normalized spacial score (nSPS) is 24.0. The first kappa shape index (κ1) is 31.8. The molecule has 1 saturated heterocycles. The number of rotatable bonds is 11. The van der Waals surface area contributed by atoms with Crippen molar-refractivity contribution in [1.29, 1.82) is 0 Å². The van der Waals surface area contributed by atoms with E-state index in [1.54, 1.807) is 0 Å². The van der Waals surface area contributed by atoms with Gasteiger partial charge in [0.25, 0.3) is 0 Å². The van der Waals surface area contributed by atoms with Crippen molar-refractivity contribution in [2.75, 3.05) is 6.61 Å². The van der Waals surface area contributed by atoms with E-state index >= 15 is 0 Å². The lowest BCUT2D eigenvalue weighted by atomic mass is 9.94. The molecule has 0 bridgehead atoms. The smallest absolute Gasteiger partial charge is 0.305 e. The summed E-state index contributed by atoms with van der Waals surface area (Å²) >= 11 is 0.490. The summed E-state index contributed by atoms with van der Waals surface area (Å²) in [5.74, 6) is -4.71. The topological polar surface area (TPSA) is 202 Å². The zero-order chi connectivity index (χ0) is 28.5. The standard InChI is InChI=1S/C21H31N3O12S/c1-9(25)22-18(21(6,7)37-24-31)19(30)23-15-17(34-12(4)28)16(33-11(3)27)14(8-32-10(2)26)36-20(15)35-13(5)29/h14-18,20H,8H2,1-7H3,(H,22,25)(H,23,30)/t14-,15-,16+,17-,18+,20+/m0/s1. The molecule has 208 valence electrons. The van der Waals surface area contributed by atoms with Crippen LogP contribution in [0.2, 0.25) is 0 Å². The fraction of sp³-hybridized carbons (Fsp3) is 0.714. The van der Waals surface area contributed by atoms with E-state index in [-0.39, 0.29) is 0 Å². The number of nitrogens with one attached hydrogen (secondary N) is 2. The summed E-state index contributed by atoms with van der Waals surface area (Å²) in [5.41, 5.74) is 0. The summed E-state index contributed by atoms with van der Waals surface area (Å²) in [6.07, 6.45) is -5.80. The molecule has 1 fully saturated rings. The Morgan fingerprint density at radius 2 is 1.43 bits per heavy atom. The second-order valence-corrected chi connectivity index (χ2v) is 9.92. The molecule has 1 rings (SSSR count). The first-order valence-corrected chi connectivity index (χ1v) is 11.7. The lowest BCUT2D eigenvalue weighted by Gasteiger charge is -2.45. The van der Waals surface area contributed by atoms with Gasteiger partial charge in [0.1, 0.15) is 24.8 Å². The Morgan fingerprint density at radius 3 is 1.89 bits per heavy atom. The number of ether oxygens (including phenoxy) is 5. The van der Waals surface area contributed by atoms with Gasteiger partial charge in [0.05, 0.1) is 4.75 Å². The number of amides is 2. The molecule has 0 unspecified atom stereocenters. The predicted molar refractivity (Wildman–Crippen MR) is 125 cm³/mol. The van der Waals surface area contributed by atoms with Crippen LogP contribution in [0.5, 0.6) is 0 Å². The van der Waals surface area contributed by atoms with Crippen LogP contribution in [0.1, 0.15) is 48.5 Å². The maximum atomic E-state index is 13.4. The van der Waals surface area contributed by atoms with Crippen molar-refractivity contribution in [2.45, 2.75) is 89.9 Å². The Morgan fingerprint density at radius 1 is 0.892 bits per heavy atom. The number of hydrogen-bond acceptors (Lipinski definition) is 14. The van der Waals surface area contributed by atoms with Gasteiger partial charge in [0.15, 0.2) is 12.2 Å². The van der Waals surface area contributed by atoms with Crippen LogP contribution in [-0.4, -0.2) is 83.7 Å². The van der Waals surface area contributed by atoms with E-state index in [1.807, 2.05) is 0 Å². The molecule has 6 atom stereocenters. The van der Waals surface area contributed by atoms with Crippen LogP contribution < -0.4 is 10.6 Å². The Kier molecular flexibility index (Phi) is 11.9. The summed E-state index contributed by atoms with van der Waals surface area (Å²) in [5, 5.41) is 4.92. The number of carbonyl (C=O) groups is 6. The van der Waals surface area contributed by atoms with Crippen molar-refractivity contribution in [3.8, 4) is 0 Å². The largest absolute Gasteiger partial charge is 0.463 e. The van der Waals surface area contributed by atoms with E-state index in [4.69, 9.17) is 23.7 Å². The lowest BCUT2D eigenvalue weighted by Crippen LogP contribution is -2.69. The molecule has 1 heterocycles. The Bertz CT molecular complexity index is 911. The van der Waals surface area contributed by atoms with E-state index in [2.05, 4.69) is 15.2 Å². The molecule has 0 radical (unpaired) electrons. The van der Waals surface area contributed by atoms with Crippen molar-refractivity contribution < 1.29 is 52.5 Å². The van der Waals surface area contributed by atoms with Crippen LogP contribution >= 0.6 is 11.9 Å². The summed E-state index contributed by atoms with van der Waals surface area (Å²) < 4.78 is 28.0. The molecule has 15 nitrogen and oxygen atoms in total. The predicted octanol–water partition coefficient (Wildman–Crippen LogP) is -0.116. The quantitative estimate of drug-likeness (QED) is 0.150. The first-order chi connectivity index (χ1) is 17.1. The van der Waals surface area contributed by atoms with Gasteiger partial charge in [0.2, 0.25) is 18.1 Å². The molecule has 0 aliphatic carbocycles. The molecule has 0 spiro atoms. The SMILES string of the molecule is CC(=O)N[C@H](C(=O)N[C@@H]1[C@H](OC(C)=O)O[C@@H](COC(C)=O)[C@@H](OC(C)=O)[C@H]1OC(C)=O)C(C)(C)SN=O. The zero-order valence-electron chi connectivity index (χ0n) is 21.4. The Labute approximate surface area is 217 Å². The monoisotopic (exact) mass is 549 g/mol. The highest BCUT2D eigenvalue weighted by Gasteiger charge is 2.53. The molecule has 2 amide bonds. The van der Waals surface area contributed by atoms with Gasteiger partial charge in [-0.25, -0.2) is 0 Å². The lowest BCUT2D eigenvalue weighted by molar-refractivity contribution is -0.271. The van der Waals surface area contributed by atoms with Gasteiger partial charge in [-0.15, -0.1) is 4.91 Å². The van der Waals surface area contributed by atoms with Gasteiger partial charge < -0.3 is 34.3 Å². The summed E-state index contributed by atoms with van der Waals surface area (Å²) in [4.78, 5) is 83.1. The average Bonchev–Trinajstić information content (AvgIpc) is 2.73. The van der Waals surface area contributed by atoms with Crippen molar-refractivity contribution in [1.82, 2.24) is 10.6 Å². The molecule has 2 N–H and O–H groups in total. The third kappa shape index (κ3) is 9.95. The van der Waals surface area contributed by atoms with Crippen molar-refractivity contribution in [3.05, 3.63) is 4.91 Å². The summed E-state index contributed by atoms with van der Waals surface area (Å²) in [6, 6.07) is -2.82. The molecular formula is C21H31N3O12S. The van der Waals surface area contributed by atoms with E-state index < -0.39 is 83.7 Å². The maximum absolute atomic E-state index is 13.4. The minimum Gasteiger partial charge on any atom is -0.463 e. The molecular weight excluding hydrogens is 518 g/mol. The molecule has 1 aliphatic rings. The highest BCUT2D eigenvalue weighted by Crippen LogP contribution is 2.31. The van der Waals surface area contributed by atoms with Gasteiger partial charge in [-0.05, 0) is 13.8 Å². The van der Waals surface area contributed by atoms with E-state index in [0.717, 1.165) is 34.6 Å². The zero-order valence-corrected chi connectivity index (χ0v) is 22.2. The number of nitrogens with zero attached hydrogens (tertiary/aromatic N) is 1. The van der Waals surface area contributed by atoms with Gasteiger partial charge in [-0.3, -0.25) is 28.8 Å². The van der Waals surface area contributed by atoms with Crippen LogP contribution in [0.15, 0.2) is 4.58 Å². The average molecular weight is 550 g/mol. The summed E-state index contributed by atoms with van der Waals surface area (Å²) in [7, 11) is 0. The molecule has 0 aromatic heterocycles. The second kappa shape index (κ2) is 13.9. The highest BCUT2D eigenvalue weighted by molar-refractivity contribution is 7.99. The molecule has 0 saturated carbocycles. The van der Waals surface area contributed by atoms with Crippen LogP contribution in [0.4, 0.5) is 0 Å². The Balaban J connectivity index is 3.54. The number of esters is 4. The minimum absolute atomic E-state index is 0.479. The summed E-state index contributed by atoms with van der Waals surface area (Å²) in [6.45, 7) is 7.91. The van der Waals surface area contributed by atoms with Crippen LogP contribution in [-0.2, 0) is 52.5 Å². The minimum atomic E-state index is -1.61. The van der Waals surface area contributed by atoms with Crippen LogP contribution in [0, 0.1) is 4.91 Å². The first-order valence-electron chi connectivity index (χ1n) is 11.0. The van der Waals surface area contributed by atoms with Crippen molar-refractivity contribution >= 4 is 47.6 Å². The van der Waals surface area contributed by atoms with E-state index in [9.17, 15) is 33.7 Å². The third-order valence-corrected chi connectivity index (χ3v) is 5.65. The molecule has 0 aromatic carbocycles. The molecule has 37 heavy (non-hydrogen) atoms. The van der Waals surface area contributed by atoms with Crippen molar-refractivity contribution in [3.63, 3.8) is 0 Å². The van der Waals surface area contributed by atoms with Gasteiger partial charge >= 0.3 is 23.9 Å². The fourth-order valence-electron chi connectivity index (χ4n) is 3.47.